The molecule has 4 nitrogen and oxygen atoms in total. The normalized spacial score (nSPS) is 19.2. The van der Waals surface area contributed by atoms with E-state index in [1.165, 1.54) is 5.41 Å². The molecular weight excluding hydrogens is 378 g/mol. The van der Waals surface area contributed by atoms with Crippen LogP contribution in [0.5, 0.6) is 0 Å². The van der Waals surface area contributed by atoms with Crippen LogP contribution in [0.15, 0.2) is 83.1 Å². The Balaban J connectivity index is 1.78. The van der Waals surface area contributed by atoms with Crippen LogP contribution in [-0.2, 0) is 20.8 Å². The van der Waals surface area contributed by atoms with Gasteiger partial charge in [-0.1, -0.05) is 48.0 Å². The lowest BCUT2D eigenvalue weighted by atomic mass is 10.1. The maximum atomic E-state index is 13.5. The Kier molecular flexibility index (Phi) is 4.61. The second kappa shape index (κ2) is 6.94. The maximum Gasteiger partial charge on any atom is 0.173 e. The third-order valence-corrected chi connectivity index (χ3v) is 7.48. The molecule has 3 aromatic rings. The number of benzene rings is 3. The predicted molar refractivity (Wildman–Crippen MR) is 111 cm³/mol. The first-order valence-electron chi connectivity index (χ1n) is 8.60. The fraction of sp³-hybridized carbons (Fsp3) is 0.143. The van der Waals surface area contributed by atoms with Crippen molar-refractivity contribution >= 4 is 37.3 Å². The van der Waals surface area contributed by atoms with Crippen molar-refractivity contribution in [3.63, 3.8) is 0 Å². The summed E-state index contributed by atoms with van der Waals surface area (Å²) in [6, 6.07) is 20.7. The minimum absolute atomic E-state index is 0.0692. The fourth-order valence-corrected chi connectivity index (χ4v) is 5.90. The standard InChI is InChI=1S/C21H19NO3S2/c1-16-6-9-19(10-7-16)22(20-12-13-27(24,25)15-20)26(23)21-11-8-17-4-2-3-5-18(17)14-21/h2-14,20H,15H2,1H3. The van der Waals surface area contributed by atoms with Gasteiger partial charge in [0.1, 0.15) is 0 Å². The highest BCUT2D eigenvalue weighted by Gasteiger charge is 2.31. The number of hydrogen-bond acceptors (Lipinski definition) is 3. The molecule has 2 unspecified atom stereocenters. The second-order valence-corrected chi connectivity index (χ2v) is 9.94. The molecule has 0 saturated carbocycles. The van der Waals surface area contributed by atoms with Gasteiger partial charge in [0.2, 0.25) is 0 Å². The third-order valence-electron chi connectivity index (χ3n) is 4.60. The van der Waals surface area contributed by atoms with Gasteiger partial charge < -0.3 is 0 Å². The molecule has 138 valence electrons. The van der Waals surface area contributed by atoms with Gasteiger partial charge in [-0.15, -0.1) is 0 Å². The van der Waals surface area contributed by atoms with Crippen LogP contribution in [-0.4, -0.2) is 24.4 Å². The van der Waals surface area contributed by atoms with Gasteiger partial charge in [-0.25, -0.2) is 12.6 Å². The van der Waals surface area contributed by atoms with Gasteiger partial charge >= 0.3 is 0 Å². The zero-order valence-corrected chi connectivity index (χ0v) is 16.4. The molecule has 0 spiro atoms. The molecule has 27 heavy (non-hydrogen) atoms. The average Bonchev–Trinajstić information content (AvgIpc) is 3.02. The Hall–Kier alpha value is -2.44. The molecule has 0 amide bonds. The third kappa shape index (κ3) is 3.68. The van der Waals surface area contributed by atoms with Crippen molar-refractivity contribution in [1.29, 1.82) is 0 Å². The molecule has 0 bridgehead atoms. The predicted octanol–water partition coefficient (Wildman–Crippen LogP) is 3.99. The number of rotatable bonds is 4. The number of hydrogen-bond donors (Lipinski definition) is 0. The highest BCUT2D eigenvalue weighted by Crippen LogP contribution is 2.29. The number of fused-ring (bicyclic) bond motifs is 1. The summed E-state index contributed by atoms with van der Waals surface area (Å²) in [6.07, 6.45) is 1.62. The van der Waals surface area contributed by atoms with Gasteiger partial charge in [0.05, 0.1) is 22.4 Å². The highest BCUT2D eigenvalue weighted by atomic mass is 32.2. The number of nitrogens with zero attached hydrogens (tertiary/aromatic N) is 1. The van der Waals surface area contributed by atoms with Crippen molar-refractivity contribution in [3.8, 4) is 0 Å². The smallest absolute Gasteiger partial charge is 0.173 e. The first-order valence-corrected chi connectivity index (χ1v) is 11.4. The molecular formula is C21H19NO3S2. The van der Waals surface area contributed by atoms with Crippen LogP contribution in [0.4, 0.5) is 5.69 Å². The first kappa shape index (κ1) is 17.9. The van der Waals surface area contributed by atoms with E-state index in [2.05, 4.69) is 0 Å². The van der Waals surface area contributed by atoms with Crippen molar-refractivity contribution in [2.24, 2.45) is 0 Å². The van der Waals surface area contributed by atoms with E-state index in [-0.39, 0.29) is 5.75 Å². The zero-order chi connectivity index (χ0) is 19.0. The quantitative estimate of drug-likeness (QED) is 0.669. The average molecular weight is 398 g/mol. The Morgan fingerprint density at radius 2 is 1.67 bits per heavy atom. The number of anilines is 1. The molecule has 0 N–H and O–H groups in total. The molecule has 6 heteroatoms. The molecule has 4 rings (SSSR count). The van der Waals surface area contributed by atoms with Crippen molar-refractivity contribution in [2.45, 2.75) is 17.9 Å². The van der Waals surface area contributed by atoms with Crippen LogP contribution in [0, 0.1) is 6.92 Å². The van der Waals surface area contributed by atoms with E-state index >= 15 is 0 Å². The van der Waals surface area contributed by atoms with Crippen LogP contribution in [0.3, 0.4) is 0 Å². The highest BCUT2D eigenvalue weighted by molar-refractivity contribution is 7.94. The second-order valence-electron chi connectivity index (χ2n) is 6.64. The van der Waals surface area contributed by atoms with Gasteiger partial charge in [-0.2, -0.15) is 0 Å². The summed E-state index contributed by atoms with van der Waals surface area (Å²) in [5, 5.41) is 3.29. The molecule has 0 aromatic heterocycles. The molecule has 0 radical (unpaired) electrons. The van der Waals surface area contributed by atoms with Crippen LogP contribution >= 0.6 is 0 Å². The zero-order valence-electron chi connectivity index (χ0n) is 14.8. The van der Waals surface area contributed by atoms with Gasteiger partial charge in [-0.3, -0.25) is 4.31 Å². The fourth-order valence-electron chi connectivity index (χ4n) is 3.20. The Morgan fingerprint density at radius 3 is 2.33 bits per heavy atom. The van der Waals surface area contributed by atoms with E-state index in [0.717, 1.165) is 22.0 Å². The van der Waals surface area contributed by atoms with Crippen LogP contribution in [0.1, 0.15) is 5.56 Å². The van der Waals surface area contributed by atoms with E-state index in [1.54, 1.807) is 10.4 Å². The molecule has 1 heterocycles. The first-order chi connectivity index (χ1) is 12.9. The van der Waals surface area contributed by atoms with E-state index in [1.807, 2.05) is 73.7 Å². The summed E-state index contributed by atoms with van der Waals surface area (Å²) >= 11 is 0. The van der Waals surface area contributed by atoms with Gasteiger partial charge in [0.15, 0.2) is 20.8 Å². The molecule has 0 aliphatic carbocycles. The number of aryl methyl sites for hydroxylation is 1. The molecule has 2 atom stereocenters. The van der Waals surface area contributed by atoms with Crippen LogP contribution in [0.2, 0.25) is 0 Å². The lowest BCUT2D eigenvalue weighted by molar-refractivity contribution is 0.604. The minimum Gasteiger partial charge on any atom is -0.280 e. The maximum absolute atomic E-state index is 13.5. The molecule has 1 aliphatic rings. The van der Waals surface area contributed by atoms with E-state index in [0.29, 0.717) is 4.90 Å². The van der Waals surface area contributed by atoms with Gasteiger partial charge in [0, 0.05) is 5.41 Å². The SMILES string of the molecule is Cc1ccc(N(C2C=CS(=O)(=O)C2)S(=O)c2ccc3ccccc3c2)cc1. The lowest BCUT2D eigenvalue weighted by Gasteiger charge is -2.28. The Bertz CT molecular complexity index is 1150. The van der Waals surface area contributed by atoms with E-state index in [4.69, 9.17) is 0 Å². The molecule has 0 saturated heterocycles. The van der Waals surface area contributed by atoms with Crippen molar-refractivity contribution in [3.05, 3.63) is 83.8 Å². The molecule has 1 aliphatic heterocycles. The van der Waals surface area contributed by atoms with E-state index < -0.39 is 26.9 Å². The Labute approximate surface area is 161 Å². The molecule has 3 aromatic carbocycles. The summed E-state index contributed by atoms with van der Waals surface area (Å²) in [4.78, 5) is 0.645. The summed E-state index contributed by atoms with van der Waals surface area (Å²) < 4.78 is 39.1. The van der Waals surface area contributed by atoms with Gasteiger partial charge in [0.25, 0.3) is 0 Å². The van der Waals surface area contributed by atoms with Crippen molar-refractivity contribution in [1.82, 2.24) is 0 Å². The van der Waals surface area contributed by atoms with Gasteiger partial charge in [-0.05, 0) is 48.0 Å². The topological polar surface area (TPSA) is 54.5 Å². The van der Waals surface area contributed by atoms with Crippen LogP contribution < -0.4 is 4.31 Å². The largest absolute Gasteiger partial charge is 0.280 e. The molecule has 0 fully saturated rings. The van der Waals surface area contributed by atoms with Crippen molar-refractivity contribution < 1.29 is 12.6 Å². The summed E-state index contributed by atoms with van der Waals surface area (Å²) in [5.41, 5.74) is 1.82. The summed E-state index contributed by atoms with van der Waals surface area (Å²) in [6.45, 7) is 1.98. The van der Waals surface area contributed by atoms with E-state index in [9.17, 15) is 12.6 Å². The van der Waals surface area contributed by atoms with Crippen LogP contribution in [0.25, 0.3) is 10.8 Å². The summed E-state index contributed by atoms with van der Waals surface area (Å²) in [7, 11) is -4.80. The minimum atomic E-state index is -3.26. The lowest BCUT2D eigenvalue weighted by Crippen LogP contribution is -2.37. The number of sulfone groups is 1. The Morgan fingerprint density at radius 1 is 0.963 bits per heavy atom. The summed E-state index contributed by atoms with van der Waals surface area (Å²) in [5.74, 6) is -0.0692. The monoisotopic (exact) mass is 397 g/mol. The van der Waals surface area contributed by atoms with Crippen molar-refractivity contribution in [2.75, 3.05) is 10.1 Å².